The first-order valence-corrected chi connectivity index (χ1v) is 8.08. The molecule has 1 atom stereocenters. The SMILES string of the molecule is CC(NC(=O)CCCc1cccs1)c1ccc(F)cc1Cl. The van der Waals surface area contributed by atoms with Gasteiger partial charge in [-0.2, -0.15) is 0 Å². The molecule has 2 nitrogen and oxygen atoms in total. The van der Waals surface area contributed by atoms with Crippen LogP contribution in [-0.2, 0) is 11.2 Å². The fraction of sp³-hybridized carbons (Fsp3) is 0.312. The van der Waals surface area contributed by atoms with Crippen LogP contribution in [0.25, 0.3) is 0 Å². The Labute approximate surface area is 132 Å². The van der Waals surface area contributed by atoms with Gasteiger partial charge in [-0.3, -0.25) is 4.79 Å². The Morgan fingerprint density at radius 3 is 2.90 bits per heavy atom. The molecule has 2 rings (SSSR count). The molecule has 0 spiro atoms. The molecule has 1 unspecified atom stereocenters. The predicted molar refractivity (Wildman–Crippen MR) is 85.2 cm³/mol. The maximum Gasteiger partial charge on any atom is 0.220 e. The van der Waals surface area contributed by atoms with Crippen LogP contribution in [0.4, 0.5) is 4.39 Å². The number of carbonyl (C=O) groups excluding carboxylic acids is 1. The highest BCUT2D eigenvalue weighted by atomic mass is 35.5. The molecule has 0 aliphatic carbocycles. The van der Waals surface area contributed by atoms with Crippen molar-refractivity contribution in [2.75, 3.05) is 0 Å². The molecule has 1 heterocycles. The molecule has 21 heavy (non-hydrogen) atoms. The van der Waals surface area contributed by atoms with Crippen LogP contribution >= 0.6 is 22.9 Å². The quantitative estimate of drug-likeness (QED) is 0.816. The fourth-order valence-corrected chi connectivity index (χ4v) is 3.20. The molecular formula is C16H17ClFNOS. The van der Waals surface area contributed by atoms with Crippen LogP contribution in [0.1, 0.15) is 36.2 Å². The van der Waals surface area contributed by atoms with E-state index in [1.54, 1.807) is 17.4 Å². The molecule has 0 saturated carbocycles. The third-order valence-corrected chi connectivity index (χ3v) is 4.48. The number of thiophene rings is 1. The number of hydrogen-bond acceptors (Lipinski definition) is 2. The molecule has 0 saturated heterocycles. The molecule has 1 aromatic heterocycles. The van der Waals surface area contributed by atoms with E-state index in [1.807, 2.05) is 18.4 Å². The second kappa shape index (κ2) is 7.57. The molecule has 5 heteroatoms. The highest BCUT2D eigenvalue weighted by Crippen LogP contribution is 2.23. The van der Waals surface area contributed by atoms with E-state index in [0.29, 0.717) is 11.4 Å². The molecule has 2 aromatic rings. The van der Waals surface area contributed by atoms with E-state index in [1.165, 1.54) is 17.0 Å². The third kappa shape index (κ3) is 4.83. The summed E-state index contributed by atoms with van der Waals surface area (Å²) in [7, 11) is 0. The van der Waals surface area contributed by atoms with E-state index in [9.17, 15) is 9.18 Å². The van der Waals surface area contributed by atoms with Gasteiger partial charge in [-0.1, -0.05) is 23.7 Å². The highest BCUT2D eigenvalue weighted by Gasteiger charge is 2.13. The number of nitrogens with one attached hydrogen (secondary N) is 1. The van der Waals surface area contributed by atoms with Crippen molar-refractivity contribution in [3.05, 3.63) is 57.0 Å². The standard InChI is InChI=1S/C16H17ClFNOS/c1-11(14-8-7-12(18)10-15(14)17)19-16(20)6-2-4-13-5-3-9-21-13/h3,5,7-11H,2,4,6H2,1H3,(H,19,20). The van der Waals surface area contributed by atoms with Gasteiger partial charge in [0.1, 0.15) is 5.82 Å². The van der Waals surface area contributed by atoms with Crippen molar-refractivity contribution in [2.24, 2.45) is 0 Å². The zero-order valence-electron chi connectivity index (χ0n) is 11.7. The van der Waals surface area contributed by atoms with Crippen LogP contribution in [-0.4, -0.2) is 5.91 Å². The first kappa shape index (κ1) is 16.0. The molecule has 0 fully saturated rings. The molecule has 112 valence electrons. The van der Waals surface area contributed by atoms with E-state index in [0.717, 1.165) is 18.4 Å². The first-order valence-electron chi connectivity index (χ1n) is 6.83. The van der Waals surface area contributed by atoms with Crippen LogP contribution < -0.4 is 5.32 Å². The Morgan fingerprint density at radius 1 is 1.43 bits per heavy atom. The van der Waals surface area contributed by atoms with Gasteiger partial charge in [0, 0.05) is 16.3 Å². The van der Waals surface area contributed by atoms with Crippen LogP contribution in [0.5, 0.6) is 0 Å². The van der Waals surface area contributed by atoms with Crippen molar-refractivity contribution < 1.29 is 9.18 Å². The molecule has 1 N–H and O–H groups in total. The Kier molecular flexibility index (Phi) is 5.76. The molecule has 0 aliphatic heterocycles. The van der Waals surface area contributed by atoms with E-state index < -0.39 is 0 Å². The van der Waals surface area contributed by atoms with Crippen molar-refractivity contribution in [2.45, 2.75) is 32.2 Å². The van der Waals surface area contributed by atoms with E-state index in [-0.39, 0.29) is 17.8 Å². The first-order chi connectivity index (χ1) is 10.1. The zero-order valence-corrected chi connectivity index (χ0v) is 13.3. The minimum atomic E-state index is -0.377. The lowest BCUT2D eigenvalue weighted by Crippen LogP contribution is -2.26. The van der Waals surface area contributed by atoms with Gasteiger partial charge in [0.2, 0.25) is 5.91 Å². The van der Waals surface area contributed by atoms with E-state index in [4.69, 9.17) is 11.6 Å². The Balaban J connectivity index is 1.81. The molecule has 1 amide bonds. The largest absolute Gasteiger partial charge is 0.350 e. The van der Waals surface area contributed by atoms with Crippen molar-refractivity contribution in [1.82, 2.24) is 5.32 Å². The average Bonchev–Trinajstić information content (AvgIpc) is 2.91. The van der Waals surface area contributed by atoms with Gasteiger partial charge in [0.15, 0.2) is 0 Å². The summed E-state index contributed by atoms with van der Waals surface area (Å²) < 4.78 is 13.0. The van der Waals surface area contributed by atoms with Crippen molar-refractivity contribution in [1.29, 1.82) is 0 Å². The van der Waals surface area contributed by atoms with Gasteiger partial charge < -0.3 is 5.32 Å². The lowest BCUT2D eigenvalue weighted by atomic mass is 10.1. The van der Waals surface area contributed by atoms with Gasteiger partial charge in [0.25, 0.3) is 0 Å². The fourth-order valence-electron chi connectivity index (χ4n) is 2.12. The minimum absolute atomic E-state index is 0.0144. The summed E-state index contributed by atoms with van der Waals surface area (Å²) >= 11 is 7.69. The Morgan fingerprint density at radius 2 is 2.24 bits per heavy atom. The summed E-state index contributed by atoms with van der Waals surface area (Å²) in [5.74, 6) is -0.391. The second-order valence-electron chi connectivity index (χ2n) is 4.89. The molecule has 0 radical (unpaired) electrons. The molecule has 0 bridgehead atoms. The van der Waals surface area contributed by atoms with Crippen molar-refractivity contribution in [3.8, 4) is 0 Å². The normalized spacial score (nSPS) is 12.1. The number of amides is 1. The van der Waals surface area contributed by atoms with Crippen LogP contribution in [0, 0.1) is 5.82 Å². The molecule has 0 aliphatic rings. The predicted octanol–water partition coefficient (Wildman–Crippen LogP) is 4.74. The van der Waals surface area contributed by atoms with Gasteiger partial charge in [0.05, 0.1) is 6.04 Å². The Bertz CT molecular complexity index is 600. The van der Waals surface area contributed by atoms with Crippen molar-refractivity contribution in [3.63, 3.8) is 0 Å². The van der Waals surface area contributed by atoms with Gasteiger partial charge in [-0.15, -0.1) is 11.3 Å². The lowest BCUT2D eigenvalue weighted by molar-refractivity contribution is -0.121. The maximum atomic E-state index is 13.0. The van der Waals surface area contributed by atoms with Crippen LogP contribution in [0.3, 0.4) is 0 Å². The summed E-state index contributed by atoms with van der Waals surface area (Å²) in [6, 6.07) is 8.07. The second-order valence-corrected chi connectivity index (χ2v) is 6.33. The number of carbonyl (C=O) groups is 1. The Hall–Kier alpha value is -1.39. The summed E-state index contributed by atoms with van der Waals surface area (Å²) in [6.07, 6.45) is 2.20. The maximum absolute atomic E-state index is 13.0. The summed E-state index contributed by atoms with van der Waals surface area (Å²) in [4.78, 5) is 13.2. The van der Waals surface area contributed by atoms with E-state index >= 15 is 0 Å². The smallest absolute Gasteiger partial charge is 0.220 e. The summed E-state index contributed by atoms with van der Waals surface area (Å²) in [6.45, 7) is 1.84. The van der Waals surface area contributed by atoms with Crippen LogP contribution in [0.2, 0.25) is 5.02 Å². The minimum Gasteiger partial charge on any atom is -0.350 e. The number of hydrogen-bond donors (Lipinski definition) is 1. The summed E-state index contributed by atoms with van der Waals surface area (Å²) in [5, 5.41) is 5.26. The molecular weight excluding hydrogens is 309 g/mol. The average molecular weight is 326 g/mol. The summed E-state index contributed by atoms with van der Waals surface area (Å²) in [5.41, 5.74) is 0.727. The van der Waals surface area contributed by atoms with Gasteiger partial charge in [-0.05, 0) is 48.9 Å². The van der Waals surface area contributed by atoms with E-state index in [2.05, 4.69) is 11.4 Å². The zero-order chi connectivity index (χ0) is 15.2. The third-order valence-electron chi connectivity index (χ3n) is 3.21. The van der Waals surface area contributed by atoms with Gasteiger partial charge in [-0.25, -0.2) is 4.39 Å². The monoisotopic (exact) mass is 325 g/mol. The van der Waals surface area contributed by atoms with Gasteiger partial charge >= 0.3 is 0 Å². The lowest BCUT2D eigenvalue weighted by Gasteiger charge is -2.15. The number of aryl methyl sites for hydroxylation is 1. The topological polar surface area (TPSA) is 29.1 Å². The van der Waals surface area contributed by atoms with Crippen LogP contribution in [0.15, 0.2) is 35.7 Å². The molecule has 1 aromatic carbocycles. The number of rotatable bonds is 6. The number of benzene rings is 1. The highest BCUT2D eigenvalue weighted by molar-refractivity contribution is 7.09. The van der Waals surface area contributed by atoms with Crippen molar-refractivity contribution >= 4 is 28.8 Å². The number of halogens is 2.